The molecule has 8 nitrogen and oxygen atoms in total. The lowest BCUT2D eigenvalue weighted by Gasteiger charge is -2.30. The quantitative estimate of drug-likeness (QED) is 0.502. The fourth-order valence-electron chi connectivity index (χ4n) is 3.37. The van der Waals surface area contributed by atoms with Gasteiger partial charge < -0.3 is 20.6 Å². The number of hydrogen-bond acceptors (Lipinski definition) is 6. The number of alkyl halides is 3. The molecule has 0 radical (unpaired) electrons. The van der Waals surface area contributed by atoms with E-state index in [0.29, 0.717) is 12.0 Å². The second-order valence-corrected chi connectivity index (χ2v) is 8.65. The van der Waals surface area contributed by atoms with E-state index in [0.717, 1.165) is 37.2 Å². The van der Waals surface area contributed by atoms with E-state index in [4.69, 9.17) is 21.5 Å². The standard InChI is InChI=1S/C20H25ClFN5O.C2HF3O2/c1-12-8-18(26-20(23-12)27(2)3)24-16-4-6-17(7-5-16)25-19(28)13-9-14(21)11-15(22)10-13;3-2(4,5)1(6)7/h8-11,16-17H,4-7H2,1-3H3,(H,25,28)(H,23,24,26);(H,6,7)/t16-,17+;. The Labute approximate surface area is 204 Å². The van der Waals surface area contributed by atoms with Crippen LogP contribution in [0.5, 0.6) is 0 Å². The molecule has 2 aromatic rings. The van der Waals surface area contributed by atoms with Crippen molar-refractivity contribution in [3.8, 4) is 0 Å². The number of benzene rings is 1. The highest BCUT2D eigenvalue weighted by Gasteiger charge is 2.38. The first-order chi connectivity index (χ1) is 16.2. The first kappa shape index (κ1) is 28.1. The number of aliphatic carboxylic acids is 1. The molecule has 1 saturated carbocycles. The summed E-state index contributed by atoms with van der Waals surface area (Å²) in [7, 11) is 3.83. The Kier molecular flexibility index (Phi) is 9.64. The topological polar surface area (TPSA) is 107 Å². The molecular weight excluding hydrogens is 494 g/mol. The molecule has 0 bridgehead atoms. The summed E-state index contributed by atoms with van der Waals surface area (Å²) < 4.78 is 45.2. The van der Waals surface area contributed by atoms with Crippen molar-refractivity contribution in [3.63, 3.8) is 0 Å². The number of nitrogens with one attached hydrogen (secondary N) is 2. The maximum Gasteiger partial charge on any atom is 0.490 e. The Hall–Kier alpha value is -3.15. The van der Waals surface area contributed by atoms with Gasteiger partial charge in [-0.1, -0.05) is 11.6 Å². The molecule has 0 atom stereocenters. The summed E-state index contributed by atoms with van der Waals surface area (Å²) in [6.45, 7) is 1.95. The van der Waals surface area contributed by atoms with Crippen molar-refractivity contribution in [1.82, 2.24) is 15.3 Å². The Morgan fingerprint density at radius 3 is 2.14 bits per heavy atom. The van der Waals surface area contributed by atoms with Crippen molar-refractivity contribution >= 4 is 35.2 Å². The van der Waals surface area contributed by atoms with Gasteiger partial charge in [0, 0.05) is 48.5 Å². The molecule has 1 aliphatic carbocycles. The number of anilines is 2. The average molecular weight is 520 g/mol. The molecule has 0 unspecified atom stereocenters. The van der Waals surface area contributed by atoms with Gasteiger partial charge in [-0.05, 0) is 50.8 Å². The van der Waals surface area contributed by atoms with Crippen molar-refractivity contribution in [2.45, 2.75) is 50.9 Å². The highest BCUT2D eigenvalue weighted by atomic mass is 35.5. The van der Waals surface area contributed by atoms with Crippen LogP contribution in [-0.2, 0) is 4.79 Å². The molecule has 3 N–H and O–H groups in total. The first-order valence-electron chi connectivity index (χ1n) is 10.6. The molecule has 1 aromatic heterocycles. The molecule has 192 valence electrons. The molecule has 35 heavy (non-hydrogen) atoms. The van der Waals surface area contributed by atoms with E-state index >= 15 is 0 Å². The van der Waals surface area contributed by atoms with Crippen LogP contribution in [0.3, 0.4) is 0 Å². The molecular formula is C22H26ClF4N5O3. The highest BCUT2D eigenvalue weighted by molar-refractivity contribution is 6.31. The molecule has 3 rings (SSSR count). The highest BCUT2D eigenvalue weighted by Crippen LogP contribution is 2.23. The van der Waals surface area contributed by atoms with Gasteiger partial charge in [0.25, 0.3) is 5.91 Å². The molecule has 13 heteroatoms. The van der Waals surface area contributed by atoms with Gasteiger partial charge >= 0.3 is 12.1 Å². The minimum absolute atomic E-state index is 0.0667. The number of carboxylic acid groups (broad SMARTS) is 1. The van der Waals surface area contributed by atoms with Gasteiger partial charge in [-0.3, -0.25) is 4.79 Å². The van der Waals surface area contributed by atoms with Gasteiger partial charge in [0.1, 0.15) is 11.6 Å². The normalized spacial score (nSPS) is 17.6. The van der Waals surface area contributed by atoms with E-state index in [9.17, 15) is 22.4 Å². The number of carbonyl (C=O) groups is 2. The lowest BCUT2D eigenvalue weighted by atomic mass is 9.91. The van der Waals surface area contributed by atoms with Crippen LogP contribution < -0.4 is 15.5 Å². The zero-order valence-electron chi connectivity index (χ0n) is 19.3. The van der Waals surface area contributed by atoms with Gasteiger partial charge in [-0.25, -0.2) is 14.2 Å². The number of nitrogens with zero attached hydrogens (tertiary/aromatic N) is 3. The fourth-order valence-corrected chi connectivity index (χ4v) is 3.59. The lowest BCUT2D eigenvalue weighted by molar-refractivity contribution is -0.192. The monoisotopic (exact) mass is 519 g/mol. The Balaban J connectivity index is 0.000000540. The van der Waals surface area contributed by atoms with E-state index in [1.165, 1.54) is 18.2 Å². The number of carbonyl (C=O) groups excluding carboxylic acids is 1. The van der Waals surface area contributed by atoms with Crippen LogP contribution in [-0.4, -0.2) is 59.3 Å². The van der Waals surface area contributed by atoms with Crippen molar-refractivity contribution < 1.29 is 32.3 Å². The summed E-state index contributed by atoms with van der Waals surface area (Å²) >= 11 is 5.83. The summed E-state index contributed by atoms with van der Waals surface area (Å²) in [5.74, 6) is -2.06. The predicted octanol–water partition coefficient (Wildman–Crippen LogP) is 4.43. The second-order valence-electron chi connectivity index (χ2n) is 8.22. The molecule has 1 fully saturated rings. The maximum atomic E-state index is 13.4. The van der Waals surface area contributed by atoms with Gasteiger partial charge in [-0.15, -0.1) is 0 Å². The van der Waals surface area contributed by atoms with E-state index in [-0.39, 0.29) is 22.5 Å². The number of halogens is 5. The molecule has 0 aliphatic heterocycles. The van der Waals surface area contributed by atoms with Crippen molar-refractivity contribution in [1.29, 1.82) is 0 Å². The van der Waals surface area contributed by atoms with Gasteiger partial charge in [0.15, 0.2) is 0 Å². The lowest BCUT2D eigenvalue weighted by Crippen LogP contribution is -2.40. The number of carboxylic acids is 1. The minimum Gasteiger partial charge on any atom is -0.475 e. The van der Waals surface area contributed by atoms with Crippen LogP contribution in [0.4, 0.5) is 29.3 Å². The van der Waals surface area contributed by atoms with Crippen LogP contribution in [0.15, 0.2) is 24.3 Å². The molecule has 1 heterocycles. The molecule has 1 aromatic carbocycles. The van der Waals surface area contributed by atoms with Gasteiger partial charge in [0.05, 0.1) is 0 Å². The number of aromatic nitrogens is 2. The Morgan fingerprint density at radius 1 is 1.06 bits per heavy atom. The second kappa shape index (κ2) is 12.0. The molecule has 0 spiro atoms. The Morgan fingerprint density at radius 2 is 1.63 bits per heavy atom. The molecule has 1 amide bonds. The number of rotatable bonds is 5. The molecule has 1 aliphatic rings. The Bertz CT molecular complexity index is 1020. The summed E-state index contributed by atoms with van der Waals surface area (Å²) in [5, 5.41) is 13.8. The van der Waals surface area contributed by atoms with Crippen LogP contribution in [0.25, 0.3) is 0 Å². The van der Waals surface area contributed by atoms with Crippen LogP contribution in [0.2, 0.25) is 5.02 Å². The van der Waals surface area contributed by atoms with Crippen molar-refractivity contribution in [2.75, 3.05) is 24.3 Å². The van der Waals surface area contributed by atoms with E-state index < -0.39 is 18.0 Å². The maximum absolute atomic E-state index is 13.4. The molecule has 0 saturated heterocycles. The zero-order chi connectivity index (χ0) is 26.3. The number of hydrogen-bond donors (Lipinski definition) is 3. The third kappa shape index (κ3) is 9.19. The smallest absolute Gasteiger partial charge is 0.475 e. The number of aryl methyl sites for hydroxylation is 1. The van der Waals surface area contributed by atoms with Gasteiger partial charge in [0.2, 0.25) is 5.95 Å². The predicted molar refractivity (Wildman–Crippen MR) is 123 cm³/mol. The summed E-state index contributed by atoms with van der Waals surface area (Å²) in [5.41, 5.74) is 1.16. The zero-order valence-corrected chi connectivity index (χ0v) is 20.0. The van der Waals surface area contributed by atoms with Crippen LogP contribution in [0.1, 0.15) is 41.7 Å². The summed E-state index contributed by atoms with van der Waals surface area (Å²) in [4.78, 5) is 32.1. The average Bonchev–Trinajstić information content (AvgIpc) is 2.73. The minimum atomic E-state index is -5.08. The van der Waals surface area contributed by atoms with Crippen LogP contribution in [0, 0.1) is 12.7 Å². The van der Waals surface area contributed by atoms with Crippen LogP contribution >= 0.6 is 11.6 Å². The summed E-state index contributed by atoms with van der Waals surface area (Å²) in [6.07, 6.45) is -1.57. The van der Waals surface area contributed by atoms with E-state index in [1.54, 1.807) is 0 Å². The van der Waals surface area contributed by atoms with Crippen molar-refractivity contribution in [2.24, 2.45) is 0 Å². The summed E-state index contributed by atoms with van der Waals surface area (Å²) in [6, 6.07) is 6.17. The largest absolute Gasteiger partial charge is 0.490 e. The fraction of sp³-hybridized carbons (Fsp3) is 0.455. The SMILES string of the molecule is Cc1cc(N[C@H]2CC[C@@H](NC(=O)c3cc(F)cc(Cl)c3)CC2)nc(N(C)C)n1.O=C(O)C(F)(F)F. The number of amides is 1. The third-order valence-electron chi connectivity index (χ3n) is 5.02. The van der Waals surface area contributed by atoms with E-state index in [1.807, 2.05) is 32.0 Å². The first-order valence-corrected chi connectivity index (χ1v) is 11.0. The van der Waals surface area contributed by atoms with Crippen molar-refractivity contribution in [3.05, 3.63) is 46.4 Å². The van der Waals surface area contributed by atoms with Gasteiger partial charge in [-0.2, -0.15) is 18.2 Å². The van der Waals surface area contributed by atoms with E-state index in [2.05, 4.69) is 20.6 Å². The third-order valence-corrected chi connectivity index (χ3v) is 5.24.